The second-order valence-electron chi connectivity index (χ2n) is 6.51. The third-order valence-electron chi connectivity index (χ3n) is 4.50. The van der Waals surface area contributed by atoms with Gasteiger partial charge in [0.2, 0.25) is 17.3 Å². The van der Waals surface area contributed by atoms with Gasteiger partial charge < -0.3 is 4.74 Å². The smallest absolute Gasteiger partial charge is 0.303 e. The number of pyridine rings is 1. The number of rotatable bonds is 3. The monoisotopic (exact) mass is 370 g/mol. The summed E-state index contributed by atoms with van der Waals surface area (Å²) in [5.74, 6) is -1.81. The Labute approximate surface area is 156 Å². The highest BCUT2D eigenvalue weighted by Crippen LogP contribution is 2.42. The first-order chi connectivity index (χ1) is 12.8. The van der Waals surface area contributed by atoms with Crippen molar-refractivity contribution in [1.82, 2.24) is 4.98 Å². The summed E-state index contributed by atoms with van der Waals surface area (Å²) in [6.45, 7) is 3.67. The zero-order valence-corrected chi connectivity index (χ0v) is 15.2. The predicted octanol–water partition coefficient (Wildman–Crippen LogP) is 2.95. The van der Waals surface area contributed by atoms with Crippen LogP contribution in [0.2, 0.25) is 0 Å². The number of nitrogens with zero attached hydrogens (tertiary/aromatic N) is 2. The van der Waals surface area contributed by atoms with E-state index in [0.717, 1.165) is 6.92 Å². The van der Waals surface area contributed by atoms with Gasteiger partial charge in [-0.2, -0.15) is 0 Å². The molecule has 0 fully saturated rings. The third-order valence-corrected chi connectivity index (χ3v) is 4.50. The number of Topliss-reactive ketones (excluding diaryl/α,β-unsaturated/α-hetero) is 1. The molecule has 140 valence electrons. The molecule has 2 heterocycles. The summed E-state index contributed by atoms with van der Waals surface area (Å²) < 4.78 is 20.9. The molecule has 1 aromatic heterocycles. The van der Waals surface area contributed by atoms with E-state index >= 15 is 4.39 Å². The molecule has 27 heavy (non-hydrogen) atoms. The maximum absolute atomic E-state index is 15.6. The Balaban J connectivity index is 2.21. The molecule has 1 aliphatic rings. The summed E-state index contributed by atoms with van der Waals surface area (Å²) in [7, 11) is 0. The third kappa shape index (κ3) is 3.20. The molecule has 0 spiro atoms. The van der Waals surface area contributed by atoms with Crippen LogP contribution in [0, 0.1) is 6.92 Å². The number of esters is 1. The number of anilines is 1. The van der Waals surface area contributed by atoms with E-state index in [-0.39, 0.29) is 16.9 Å². The number of aryl methyl sites for hydroxylation is 1. The van der Waals surface area contributed by atoms with Gasteiger partial charge in [-0.25, -0.2) is 9.37 Å². The van der Waals surface area contributed by atoms with E-state index in [1.807, 2.05) is 0 Å². The van der Waals surface area contributed by atoms with Crippen molar-refractivity contribution in [2.75, 3.05) is 11.4 Å². The lowest BCUT2D eigenvalue weighted by molar-refractivity contribution is -0.158. The highest BCUT2D eigenvalue weighted by atomic mass is 19.1. The summed E-state index contributed by atoms with van der Waals surface area (Å²) in [6.07, 6.45) is -1.95. The van der Waals surface area contributed by atoms with Gasteiger partial charge in [0.15, 0.2) is 6.17 Å². The minimum atomic E-state index is -2.18. The summed E-state index contributed by atoms with van der Waals surface area (Å²) >= 11 is 0. The lowest BCUT2D eigenvalue weighted by Crippen LogP contribution is -2.59. The fraction of sp³-hybridized carbons (Fsp3) is 0.300. The number of carbonyl (C=O) groups is 3. The van der Waals surface area contributed by atoms with E-state index in [1.54, 1.807) is 31.2 Å². The van der Waals surface area contributed by atoms with Gasteiger partial charge in [0.25, 0.3) is 0 Å². The Bertz CT molecular complexity index is 915. The van der Waals surface area contributed by atoms with Crippen LogP contribution in [0.1, 0.15) is 41.6 Å². The highest BCUT2D eigenvalue weighted by molar-refractivity contribution is 6.13. The SMILES string of the molecule is CC(=O)OC1(C(F)c2ccccc2)CN(C(C)=O)c2nc(C)ccc2C1=O. The summed E-state index contributed by atoms with van der Waals surface area (Å²) in [5, 5.41) is 0. The normalized spacial score (nSPS) is 20.0. The first-order valence-electron chi connectivity index (χ1n) is 8.45. The number of ketones is 1. The molecule has 2 aromatic rings. The van der Waals surface area contributed by atoms with E-state index in [0.29, 0.717) is 5.69 Å². The molecule has 0 radical (unpaired) electrons. The molecule has 0 aliphatic carbocycles. The quantitative estimate of drug-likeness (QED) is 0.777. The van der Waals surface area contributed by atoms with Crippen LogP contribution in [0.4, 0.5) is 10.2 Å². The summed E-state index contributed by atoms with van der Waals surface area (Å²) in [6, 6.07) is 11.0. The lowest BCUT2D eigenvalue weighted by Gasteiger charge is -2.42. The fourth-order valence-corrected chi connectivity index (χ4v) is 3.27. The molecule has 0 bridgehead atoms. The summed E-state index contributed by atoms with van der Waals surface area (Å²) in [5.41, 5.74) is -1.35. The number of aromatic nitrogens is 1. The van der Waals surface area contributed by atoms with Gasteiger partial charge in [0, 0.05) is 19.5 Å². The Morgan fingerprint density at radius 3 is 2.44 bits per heavy atom. The zero-order valence-electron chi connectivity index (χ0n) is 15.2. The molecule has 1 amide bonds. The molecule has 7 heteroatoms. The molecule has 3 rings (SSSR count). The van der Waals surface area contributed by atoms with E-state index in [2.05, 4.69) is 4.98 Å². The standard InChI is InChI=1S/C20H19FN2O4/c1-12-9-10-16-18(26)20(27-14(3)25,11-23(13(2)24)19(16)22-12)17(21)15-7-5-4-6-8-15/h4-10,17H,11H2,1-3H3. The lowest BCUT2D eigenvalue weighted by atomic mass is 9.81. The van der Waals surface area contributed by atoms with Crippen molar-refractivity contribution < 1.29 is 23.5 Å². The van der Waals surface area contributed by atoms with Crippen LogP contribution in [0.15, 0.2) is 42.5 Å². The van der Waals surface area contributed by atoms with Crippen molar-refractivity contribution in [3.8, 4) is 0 Å². The van der Waals surface area contributed by atoms with Crippen molar-refractivity contribution in [3.63, 3.8) is 0 Å². The van der Waals surface area contributed by atoms with E-state index < -0.39 is 36.0 Å². The molecule has 0 saturated heterocycles. The second kappa shape index (κ2) is 6.90. The van der Waals surface area contributed by atoms with Gasteiger partial charge in [0.05, 0.1) is 12.1 Å². The predicted molar refractivity (Wildman–Crippen MR) is 96.1 cm³/mol. The van der Waals surface area contributed by atoms with Gasteiger partial charge in [-0.15, -0.1) is 0 Å². The number of hydrogen-bond donors (Lipinski definition) is 0. The van der Waals surface area contributed by atoms with Crippen molar-refractivity contribution >= 4 is 23.5 Å². The van der Waals surface area contributed by atoms with Crippen molar-refractivity contribution in [3.05, 3.63) is 59.3 Å². The molecule has 6 nitrogen and oxygen atoms in total. The molecule has 0 saturated carbocycles. The first-order valence-corrected chi connectivity index (χ1v) is 8.45. The van der Waals surface area contributed by atoms with E-state index in [4.69, 9.17) is 4.74 Å². The van der Waals surface area contributed by atoms with Crippen LogP contribution in [0.5, 0.6) is 0 Å². The summed E-state index contributed by atoms with van der Waals surface area (Å²) in [4.78, 5) is 42.7. The minimum absolute atomic E-state index is 0.0434. The average molecular weight is 370 g/mol. The molecular weight excluding hydrogens is 351 g/mol. The molecule has 1 aromatic carbocycles. The number of hydrogen-bond acceptors (Lipinski definition) is 5. The Kier molecular flexibility index (Phi) is 4.78. The average Bonchev–Trinajstić information content (AvgIpc) is 2.63. The van der Waals surface area contributed by atoms with Crippen molar-refractivity contribution in [2.45, 2.75) is 32.5 Å². The van der Waals surface area contributed by atoms with Crippen LogP contribution in [0.25, 0.3) is 0 Å². The van der Waals surface area contributed by atoms with E-state index in [1.165, 1.54) is 30.0 Å². The number of amides is 1. The van der Waals surface area contributed by atoms with Crippen LogP contribution < -0.4 is 4.90 Å². The number of fused-ring (bicyclic) bond motifs is 1. The second-order valence-corrected chi connectivity index (χ2v) is 6.51. The Morgan fingerprint density at radius 2 is 1.85 bits per heavy atom. The van der Waals surface area contributed by atoms with Crippen molar-refractivity contribution in [2.24, 2.45) is 0 Å². The fourth-order valence-electron chi connectivity index (χ4n) is 3.27. The molecule has 1 aliphatic heterocycles. The van der Waals surface area contributed by atoms with Crippen molar-refractivity contribution in [1.29, 1.82) is 0 Å². The first kappa shape index (κ1) is 18.7. The Hall–Kier alpha value is -3.09. The maximum Gasteiger partial charge on any atom is 0.303 e. The maximum atomic E-state index is 15.6. The number of carbonyl (C=O) groups excluding carboxylic acids is 3. The molecule has 2 atom stereocenters. The number of alkyl halides is 1. The molecular formula is C20H19FN2O4. The van der Waals surface area contributed by atoms with Crippen LogP contribution >= 0.6 is 0 Å². The molecule has 2 unspecified atom stereocenters. The van der Waals surface area contributed by atoms with Gasteiger partial charge in [-0.05, 0) is 24.6 Å². The van der Waals surface area contributed by atoms with Crippen LogP contribution in [0.3, 0.4) is 0 Å². The molecule has 0 N–H and O–H groups in total. The zero-order chi connectivity index (χ0) is 19.8. The Morgan fingerprint density at radius 1 is 1.19 bits per heavy atom. The van der Waals surface area contributed by atoms with Gasteiger partial charge in [-0.1, -0.05) is 30.3 Å². The van der Waals surface area contributed by atoms with Gasteiger partial charge in [-0.3, -0.25) is 19.3 Å². The van der Waals surface area contributed by atoms with Gasteiger partial charge in [0.1, 0.15) is 5.82 Å². The van der Waals surface area contributed by atoms with Gasteiger partial charge >= 0.3 is 5.97 Å². The van der Waals surface area contributed by atoms with Crippen LogP contribution in [-0.2, 0) is 14.3 Å². The highest BCUT2D eigenvalue weighted by Gasteiger charge is 2.56. The number of halogens is 1. The van der Waals surface area contributed by atoms with E-state index in [9.17, 15) is 14.4 Å². The number of ether oxygens (including phenoxy) is 1. The largest absolute Gasteiger partial charge is 0.445 e. The minimum Gasteiger partial charge on any atom is -0.445 e. The number of benzene rings is 1. The van der Waals surface area contributed by atoms with Crippen LogP contribution in [-0.4, -0.2) is 34.8 Å². The topological polar surface area (TPSA) is 76.6 Å².